The molecule has 0 radical (unpaired) electrons. The largest absolute Gasteiger partial charge is 0.356 e. The minimum Gasteiger partial charge on any atom is -0.356 e. The topological polar surface area (TPSA) is 45.2 Å². The van der Waals surface area contributed by atoms with Gasteiger partial charge in [0, 0.05) is 38.7 Å². The van der Waals surface area contributed by atoms with Crippen molar-refractivity contribution in [2.45, 2.75) is 6.92 Å². The molecule has 1 fully saturated rings. The Balaban J connectivity index is 1.84. The highest BCUT2D eigenvalue weighted by Gasteiger charge is 2.28. The number of anilines is 1. The van der Waals surface area contributed by atoms with Crippen LogP contribution in [0.5, 0.6) is 0 Å². The fraction of sp³-hybridized carbons (Fsp3) is 0.455. The van der Waals surface area contributed by atoms with Crippen molar-refractivity contribution in [3.63, 3.8) is 0 Å². The van der Waals surface area contributed by atoms with Crippen molar-refractivity contribution >= 4 is 27.7 Å². The highest BCUT2D eigenvalue weighted by molar-refractivity contribution is 9.10. The van der Waals surface area contributed by atoms with E-state index >= 15 is 0 Å². The zero-order valence-corrected chi connectivity index (χ0v) is 10.7. The van der Waals surface area contributed by atoms with E-state index < -0.39 is 0 Å². The summed E-state index contributed by atoms with van der Waals surface area (Å²) in [6, 6.07) is 3.89. The van der Waals surface area contributed by atoms with E-state index in [1.807, 2.05) is 12.1 Å². The van der Waals surface area contributed by atoms with Crippen LogP contribution in [0.3, 0.4) is 0 Å². The van der Waals surface area contributed by atoms with E-state index in [0.717, 1.165) is 29.9 Å². The molecular weight excluding hydrogens is 270 g/mol. The van der Waals surface area contributed by atoms with Crippen molar-refractivity contribution in [2.75, 3.05) is 24.5 Å². The lowest BCUT2D eigenvalue weighted by Gasteiger charge is -2.40. The number of halogens is 1. The molecule has 2 rings (SSSR count). The highest BCUT2D eigenvalue weighted by atomic mass is 79.9. The standard InChI is InChI=1S/C11H14BrN3O/c1-8(16)14-5-9-6-15(7-9)11-10(12)3-2-4-13-11/h2-4,9H,5-7H2,1H3,(H,14,16). The summed E-state index contributed by atoms with van der Waals surface area (Å²) < 4.78 is 1.02. The number of hydrogen-bond acceptors (Lipinski definition) is 3. The van der Waals surface area contributed by atoms with Crippen molar-refractivity contribution in [3.05, 3.63) is 22.8 Å². The summed E-state index contributed by atoms with van der Waals surface area (Å²) in [6.45, 7) is 4.22. The average molecular weight is 284 g/mol. The predicted molar refractivity (Wildman–Crippen MR) is 66.3 cm³/mol. The molecule has 1 aromatic rings. The maximum absolute atomic E-state index is 10.7. The van der Waals surface area contributed by atoms with Gasteiger partial charge >= 0.3 is 0 Å². The van der Waals surface area contributed by atoms with Gasteiger partial charge in [0.2, 0.25) is 5.91 Å². The second-order valence-electron chi connectivity index (χ2n) is 4.02. The van der Waals surface area contributed by atoms with Crippen LogP contribution in [0.15, 0.2) is 22.8 Å². The molecule has 0 spiro atoms. The molecule has 4 nitrogen and oxygen atoms in total. The number of nitrogens with zero attached hydrogens (tertiary/aromatic N) is 2. The van der Waals surface area contributed by atoms with Crippen molar-refractivity contribution in [1.82, 2.24) is 10.3 Å². The maximum atomic E-state index is 10.7. The SMILES string of the molecule is CC(=O)NCC1CN(c2ncccc2Br)C1. The van der Waals surface area contributed by atoms with Gasteiger partial charge < -0.3 is 10.2 Å². The van der Waals surface area contributed by atoms with E-state index in [1.54, 1.807) is 13.1 Å². The number of aromatic nitrogens is 1. The minimum absolute atomic E-state index is 0.0393. The van der Waals surface area contributed by atoms with Crippen LogP contribution in [0, 0.1) is 5.92 Å². The van der Waals surface area contributed by atoms with E-state index in [9.17, 15) is 4.79 Å². The van der Waals surface area contributed by atoms with E-state index in [1.165, 1.54) is 0 Å². The molecule has 1 N–H and O–H groups in total. The van der Waals surface area contributed by atoms with Crippen LogP contribution in [0.2, 0.25) is 0 Å². The Morgan fingerprint density at radius 2 is 2.44 bits per heavy atom. The molecule has 1 aliphatic heterocycles. The number of carbonyl (C=O) groups excluding carboxylic acids is 1. The summed E-state index contributed by atoms with van der Waals surface area (Å²) in [5, 5.41) is 2.84. The van der Waals surface area contributed by atoms with Crippen LogP contribution in [-0.4, -0.2) is 30.5 Å². The normalized spacial score (nSPS) is 15.8. The monoisotopic (exact) mass is 283 g/mol. The van der Waals surface area contributed by atoms with Gasteiger partial charge in [-0.25, -0.2) is 4.98 Å². The van der Waals surface area contributed by atoms with E-state index in [-0.39, 0.29) is 5.91 Å². The predicted octanol–water partition coefficient (Wildman–Crippen LogP) is 1.42. The van der Waals surface area contributed by atoms with Crippen LogP contribution < -0.4 is 10.2 Å². The summed E-state index contributed by atoms with van der Waals surface area (Å²) in [7, 11) is 0. The summed E-state index contributed by atoms with van der Waals surface area (Å²) >= 11 is 3.48. The lowest BCUT2D eigenvalue weighted by molar-refractivity contribution is -0.119. The van der Waals surface area contributed by atoms with E-state index in [2.05, 4.69) is 31.1 Å². The van der Waals surface area contributed by atoms with Gasteiger partial charge in [-0.05, 0) is 28.1 Å². The number of rotatable bonds is 3. The van der Waals surface area contributed by atoms with Crippen LogP contribution in [0.25, 0.3) is 0 Å². The van der Waals surface area contributed by atoms with E-state index in [0.29, 0.717) is 5.92 Å². The molecule has 86 valence electrons. The van der Waals surface area contributed by atoms with Gasteiger partial charge in [-0.2, -0.15) is 0 Å². The number of carbonyl (C=O) groups is 1. The number of amides is 1. The Kier molecular flexibility index (Phi) is 3.43. The highest BCUT2D eigenvalue weighted by Crippen LogP contribution is 2.28. The number of hydrogen-bond donors (Lipinski definition) is 1. The fourth-order valence-corrected chi connectivity index (χ4v) is 2.28. The maximum Gasteiger partial charge on any atom is 0.216 e. The van der Waals surface area contributed by atoms with Gasteiger partial charge in [-0.3, -0.25) is 4.79 Å². The molecule has 1 aliphatic rings. The molecule has 1 amide bonds. The van der Waals surface area contributed by atoms with Gasteiger partial charge in [0.1, 0.15) is 5.82 Å². The van der Waals surface area contributed by atoms with E-state index in [4.69, 9.17) is 0 Å². The molecule has 1 saturated heterocycles. The van der Waals surface area contributed by atoms with Crippen LogP contribution >= 0.6 is 15.9 Å². The first-order valence-electron chi connectivity index (χ1n) is 5.26. The Morgan fingerprint density at radius 1 is 1.69 bits per heavy atom. The van der Waals surface area contributed by atoms with Crippen molar-refractivity contribution in [3.8, 4) is 0 Å². The zero-order chi connectivity index (χ0) is 11.5. The van der Waals surface area contributed by atoms with Crippen LogP contribution in [0.1, 0.15) is 6.92 Å². The Labute approximate surface area is 103 Å². The Hall–Kier alpha value is -1.10. The lowest BCUT2D eigenvalue weighted by Crippen LogP contribution is -2.51. The lowest BCUT2D eigenvalue weighted by atomic mass is 10.0. The number of nitrogens with one attached hydrogen (secondary N) is 1. The summed E-state index contributed by atoms with van der Waals surface area (Å²) in [5.74, 6) is 1.57. The third-order valence-electron chi connectivity index (χ3n) is 2.64. The second kappa shape index (κ2) is 4.82. The molecule has 5 heteroatoms. The van der Waals surface area contributed by atoms with Crippen LogP contribution in [-0.2, 0) is 4.79 Å². The quantitative estimate of drug-likeness (QED) is 0.913. The Morgan fingerprint density at radius 3 is 3.06 bits per heavy atom. The van der Waals surface area contributed by atoms with Crippen molar-refractivity contribution < 1.29 is 4.79 Å². The molecule has 0 aromatic carbocycles. The molecule has 0 saturated carbocycles. The van der Waals surface area contributed by atoms with Crippen molar-refractivity contribution in [2.24, 2.45) is 5.92 Å². The Bertz CT molecular complexity index is 391. The second-order valence-corrected chi connectivity index (χ2v) is 4.87. The average Bonchev–Trinajstić information content (AvgIpc) is 2.17. The van der Waals surface area contributed by atoms with Gasteiger partial charge in [-0.1, -0.05) is 0 Å². The first kappa shape index (κ1) is 11.4. The smallest absolute Gasteiger partial charge is 0.216 e. The molecule has 0 atom stereocenters. The molecule has 0 bridgehead atoms. The van der Waals surface area contributed by atoms with Crippen molar-refractivity contribution in [1.29, 1.82) is 0 Å². The van der Waals surface area contributed by atoms with Gasteiger partial charge in [0.05, 0.1) is 4.47 Å². The fourth-order valence-electron chi connectivity index (χ4n) is 1.77. The molecular formula is C11H14BrN3O. The first-order valence-corrected chi connectivity index (χ1v) is 6.06. The summed E-state index contributed by atoms with van der Waals surface area (Å²) in [4.78, 5) is 17.3. The third kappa shape index (κ3) is 2.52. The molecule has 0 aliphatic carbocycles. The summed E-state index contributed by atoms with van der Waals surface area (Å²) in [6.07, 6.45) is 1.79. The third-order valence-corrected chi connectivity index (χ3v) is 3.25. The zero-order valence-electron chi connectivity index (χ0n) is 9.11. The molecule has 0 unspecified atom stereocenters. The molecule has 1 aromatic heterocycles. The first-order chi connectivity index (χ1) is 7.66. The molecule has 2 heterocycles. The van der Waals surface area contributed by atoms with Crippen LogP contribution in [0.4, 0.5) is 5.82 Å². The minimum atomic E-state index is 0.0393. The molecule has 16 heavy (non-hydrogen) atoms. The van der Waals surface area contributed by atoms with Gasteiger partial charge in [0.15, 0.2) is 0 Å². The van der Waals surface area contributed by atoms with Gasteiger partial charge in [-0.15, -0.1) is 0 Å². The van der Waals surface area contributed by atoms with Gasteiger partial charge in [0.25, 0.3) is 0 Å². The summed E-state index contributed by atoms with van der Waals surface area (Å²) in [5.41, 5.74) is 0. The number of pyridine rings is 1.